The van der Waals surface area contributed by atoms with E-state index in [2.05, 4.69) is 0 Å². The van der Waals surface area contributed by atoms with Crippen LogP contribution in [0.1, 0.15) is 6.42 Å². The van der Waals surface area contributed by atoms with Gasteiger partial charge in [0.25, 0.3) is 0 Å². The van der Waals surface area contributed by atoms with Crippen molar-refractivity contribution in [2.24, 2.45) is 0 Å². The van der Waals surface area contributed by atoms with Crippen molar-refractivity contribution < 1.29 is 14.3 Å². The second-order valence-corrected chi connectivity index (χ2v) is 5.87. The second kappa shape index (κ2) is 5.33. The standard InChI is InChI=1S/C14H14N2O4S/c1-15(14(18)19)9-3-4-12-10(7-9)11(17)8-13(20-12)16-5-2-6-21-16/h3-4,7-8H,2,5-6H2,1H3,(H,18,19). The highest BCUT2D eigenvalue weighted by Crippen LogP contribution is 2.30. The Bertz CT molecular complexity index is 752. The summed E-state index contributed by atoms with van der Waals surface area (Å²) in [6, 6.07) is 6.26. The molecule has 0 unspecified atom stereocenters. The minimum absolute atomic E-state index is 0.167. The fourth-order valence-corrected chi connectivity index (χ4v) is 3.15. The number of carbonyl (C=O) groups is 1. The number of rotatable bonds is 2. The van der Waals surface area contributed by atoms with Gasteiger partial charge in [-0.05, 0) is 36.6 Å². The molecule has 0 bridgehead atoms. The highest BCUT2D eigenvalue weighted by molar-refractivity contribution is 8.00. The molecule has 0 radical (unpaired) electrons. The third-order valence-electron chi connectivity index (χ3n) is 3.37. The van der Waals surface area contributed by atoms with Gasteiger partial charge in [-0.15, -0.1) is 0 Å². The Morgan fingerprint density at radius 2 is 2.24 bits per heavy atom. The first-order chi connectivity index (χ1) is 10.1. The van der Waals surface area contributed by atoms with Gasteiger partial charge < -0.3 is 9.52 Å². The SMILES string of the molecule is CN(C(=O)O)c1ccc2oc(N3CCCS3)cc(=O)c2c1. The molecule has 7 heteroatoms. The van der Waals surface area contributed by atoms with Crippen molar-refractivity contribution in [1.82, 2.24) is 0 Å². The first-order valence-electron chi connectivity index (χ1n) is 6.51. The largest absolute Gasteiger partial charge is 0.465 e. The molecule has 1 aliphatic rings. The summed E-state index contributed by atoms with van der Waals surface area (Å²) in [5.41, 5.74) is 0.734. The molecule has 1 amide bonds. The summed E-state index contributed by atoms with van der Waals surface area (Å²) < 4.78 is 7.73. The summed E-state index contributed by atoms with van der Waals surface area (Å²) in [7, 11) is 1.43. The van der Waals surface area contributed by atoms with Crippen molar-refractivity contribution in [3.8, 4) is 0 Å². The van der Waals surface area contributed by atoms with Crippen LogP contribution in [0, 0.1) is 0 Å². The zero-order valence-electron chi connectivity index (χ0n) is 11.4. The summed E-state index contributed by atoms with van der Waals surface area (Å²) in [6.45, 7) is 0.860. The Hall–Kier alpha value is -2.15. The first-order valence-corrected chi connectivity index (χ1v) is 7.45. The molecule has 1 fully saturated rings. The lowest BCUT2D eigenvalue weighted by atomic mass is 10.2. The Labute approximate surface area is 125 Å². The van der Waals surface area contributed by atoms with Crippen molar-refractivity contribution in [2.45, 2.75) is 6.42 Å². The number of amides is 1. The molecule has 0 aliphatic carbocycles. The fraction of sp³-hybridized carbons (Fsp3) is 0.286. The van der Waals surface area contributed by atoms with E-state index in [-0.39, 0.29) is 5.43 Å². The summed E-state index contributed by atoms with van der Waals surface area (Å²) >= 11 is 1.64. The molecule has 1 N–H and O–H groups in total. The van der Waals surface area contributed by atoms with E-state index in [4.69, 9.17) is 9.52 Å². The van der Waals surface area contributed by atoms with Crippen LogP contribution in [-0.2, 0) is 0 Å². The summed E-state index contributed by atoms with van der Waals surface area (Å²) in [4.78, 5) is 24.3. The van der Waals surface area contributed by atoms with Crippen LogP contribution < -0.4 is 14.6 Å². The molecule has 0 atom stereocenters. The Morgan fingerprint density at radius 1 is 1.43 bits per heavy atom. The fourth-order valence-electron chi connectivity index (χ4n) is 2.19. The molecule has 21 heavy (non-hydrogen) atoms. The molecule has 0 saturated carbocycles. The summed E-state index contributed by atoms with van der Waals surface area (Å²) in [6.07, 6.45) is -0.0155. The van der Waals surface area contributed by atoms with Crippen molar-refractivity contribution >= 4 is 40.6 Å². The molecule has 0 spiro atoms. The number of anilines is 2. The minimum Gasteiger partial charge on any atom is -0.465 e. The monoisotopic (exact) mass is 306 g/mol. The van der Waals surface area contributed by atoms with E-state index >= 15 is 0 Å². The van der Waals surface area contributed by atoms with Crippen molar-refractivity contribution in [3.05, 3.63) is 34.5 Å². The number of fused-ring (bicyclic) bond motifs is 1. The van der Waals surface area contributed by atoms with Crippen molar-refractivity contribution in [1.29, 1.82) is 0 Å². The maximum atomic E-state index is 12.2. The number of benzene rings is 1. The van der Waals surface area contributed by atoms with Crippen molar-refractivity contribution in [2.75, 3.05) is 28.6 Å². The third kappa shape index (κ3) is 2.56. The van der Waals surface area contributed by atoms with E-state index in [0.29, 0.717) is 22.5 Å². The van der Waals surface area contributed by atoms with Crippen LogP contribution in [0.2, 0.25) is 0 Å². The van der Waals surface area contributed by atoms with Crippen LogP contribution in [0.15, 0.2) is 33.5 Å². The van der Waals surface area contributed by atoms with Crippen LogP contribution in [0.25, 0.3) is 11.0 Å². The smallest absolute Gasteiger partial charge is 0.411 e. The summed E-state index contributed by atoms with van der Waals surface area (Å²) in [5, 5.41) is 9.36. The van der Waals surface area contributed by atoms with Gasteiger partial charge in [0.05, 0.1) is 5.39 Å². The van der Waals surface area contributed by atoms with Crippen LogP contribution in [-0.4, -0.2) is 30.5 Å². The van der Waals surface area contributed by atoms with E-state index in [9.17, 15) is 9.59 Å². The Balaban J connectivity index is 2.07. The quantitative estimate of drug-likeness (QED) is 0.860. The predicted molar refractivity (Wildman–Crippen MR) is 83.3 cm³/mol. The average molecular weight is 306 g/mol. The number of carboxylic acid groups (broad SMARTS) is 1. The summed E-state index contributed by atoms with van der Waals surface area (Å²) in [5.74, 6) is 1.57. The predicted octanol–water partition coefficient (Wildman–Crippen LogP) is 2.77. The maximum absolute atomic E-state index is 12.2. The Morgan fingerprint density at radius 3 is 2.90 bits per heavy atom. The molecule has 1 aromatic heterocycles. The highest BCUT2D eigenvalue weighted by Gasteiger charge is 2.18. The molecule has 3 rings (SSSR count). The van der Waals surface area contributed by atoms with Gasteiger partial charge in [0.2, 0.25) is 5.88 Å². The van der Waals surface area contributed by atoms with Gasteiger partial charge in [0, 0.05) is 31.1 Å². The number of hydrogen-bond donors (Lipinski definition) is 1. The van der Waals surface area contributed by atoms with Gasteiger partial charge in [0.1, 0.15) is 5.58 Å². The van der Waals surface area contributed by atoms with E-state index in [0.717, 1.165) is 23.6 Å². The molecule has 1 aliphatic heterocycles. The zero-order chi connectivity index (χ0) is 15.0. The highest BCUT2D eigenvalue weighted by atomic mass is 32.2. The maximum Gasteiger partial charge on any atom is 0.411 e. The van der Waals surface area contributed by atoms with E-state index < -0.39 is 6.09 Å². The lowest BCUT2D eigenvalue weighted by Crippen LogP contribution is -2.23. The van der Waals surface area contributed by atoms with Crippen molar-refractivity contribution in [3.63, 3.8) is 0 Å². The lowest BCUT2D eigenvalue weighted by Gasteiger charge is -2.16. The van der Waals surface area contributed by atoms with Crippen LogP contribution >= 0.6 is 11.9 Å². The van der Waals surface area contributed by atoms with E-state index in [1.165, 1.54) is 19.2 Å². The Kier molecular flexibility index (Phi) is 3.50. The van der Waals surface area contributed by atoms with E-state index in [1.807, 2.05) is 4.31 Å². The molecule has 1 aromatic carbocycles. The topological polar surface area (TPSA) is 74.0 Å². The van der Waals surface area contributed by atoms with Crippen LogP contribution in [0.5, 0.6) is 0 Å². The average Bonchev–Trinajstić information content (AvgIpc) is 3.00. The minimum atomic E-state index is -1.08. The zero-order valence-corrected chi connectivity index (χ0v) is 12.2. The van der Waals surface area contributed by atoms with Crippen LogP contribution in [0.4, 0.5) is 16.4 Å². The molecular weight excluding hydrogens is 292 g/mol. The molecular formula is C14H14N2O4S. The van der Waals surface area contributed by atoms with Gasteiger partial charge in [-0.1, -0.05) is 0 Å². The number of nitrogens with zero attached hydrogens (tertiary/aromatic N) is 2. The molecule has 2 aromatic rings. The molecule has 6 nitrogen and oxygen atoms in total. The van der Waals surface area contributed by atoms with Gasteiger partial charge in [-0.25, -0.2) is 4.79 Å². The number of hydrogen-bond acceptors (Lipinski definition) is 5. The van der Waals surface area contributed by atoms with Gasteiger partial charge >= 0.3 is 6.09 Å². The molecule has 1 saturated heterocycles. The second-order valence-electron chi connectivity index (χ2n) is 4.76. The molecule has 2 heterocycles. The van der Waals surface area contributed by atoms with Crippen LogP contribution in [0.3, 0.4) is 0 Å². The van der Waals surface area contributed by atoms with E-state index in [1.54, 1.807) is 24.1 Å². The first kappa shape index (κ1) is 13.8. The van der Waals surface area contributed by atoms with Gasteiger partial charge in [-0.3, -0.25) is 14.0 Å². The molecule has 110 valence electrons. The third-order valence-corrected chi connectivity index (χ3v) is 4.52. The normalized spacial score (nSPS) is 14.6. The lowest BCUT2D eigenvalue weighted by molar-refractivity contribution is 0.203. The van der Waals surface area contributed by atoms with Gasteiger partial charge in [0.15, 0.2) is 5.43 Å². The van der Waals surface area contributed by atoms with Gasteiger partial charge in [-0.2, -0.15) is 0 Å².